The van der Waals surface area contributed by atoms with Crippen molar-refractivity contribution in [3.8, 4) is 11.4 Å². The molecule has 1 aliphatic carbocycles. The average Bonchev–Trinajstić information content (AvgIpc) is 3.23. The van der Waals surface area contributed by atoms with Crippen LogP contribution in [-0.2, 0) is 21.4 Å². The highest BCUT2D eigenvalue weighted by Gasteiger charge is 2.50. The number of fused-ring (bicyclic) bond motifs is 1. The summed E-state index contributed by atoms with van der Waals surface area (Å²) in [4.78, 5) is 39.2. The number of aryl methyl sites for hydroxylation is 1. The Morgan fingerprint density at radius 2 is 1.86 bits per heavy atom. The lowest BCUT2D eigenvalue weighted by Crippen LogP contribution is -2.46. The number of carbonyl (C=O) groups is 3. The third-order valence-corrected chi connectivity index (χ3v) is 5.32. The second kappa shape index (κ2) is 6.99. The SMILES string of the molecule is CC(C(=O)Nc1cccc(-c2nnnn2C)c1)N1C(=O)C2CC=CCC2C1=O. The molecule has 2 aromatic rings. The Bertz CT molecular complexity index is 956. The van der Waals surface area contributed by atoms with Gasteiger partial charge in [0.15, 0.2) is 5.82 Å². The van der Waals surface area contributed by atoms with Gasteiger partial charge in [-0.3, -0.25) is 19.3 Å². The standard InChI is InChI=1S/C19H20N6O3/c1-11(25-18(27)14-8-3-4-9-15(14)19(25)28)17(26)20-13-7-5-6-12(10-13)16-21-22-23-24(16)2/h3-7,10-11,14-15H,8-9H2,1-2H3,(H,20,26). The highest BCUT2D eigenvalue weighted by atomic mass is 16.2. The van der Waals surface area contributed by atoms with Crippen molar-refractivity contribution in [3.63, 3.8) is 0 Å². The summed E-state index contributed by atoms with van der Waals surface area (Å²) in [5.74, 6) is -1.08. The summed E-state index contributed by atoms with van der Waals surface area (Å²) >= 11 is 0. The minimum absolute atomic E-state index is 0.263. The molecule has 0 saturated carbocycles. The van der Waals surface area contributed by atoms with Gasteiger partial charge in [0, 0.05) is 18.3 Å². The predicted octanol–water partition coefficient (Wildman–Crippen LogP) is 1.16. The number of tetrazole rings is 1. The van der Waals surface area contributed by atoms with Crippen LogP contribution >= 0.6 is 0 Å². The normalized spacial score (nSPS) is 22.3. The first-order valence-corrected chi connectivity index (χ1v) is 9.13. The maximum absolute atomic E-state index is 12.7. The number of imide groups is 1. The summed E-state index contributed by atoms with van der Waals surface area (Å²) in [6, 6.07) is 6.20. The number of nitrogens with one attached hydrogen (secondary N) is 1. The zero-order valence-electron chi connectivity index (χ0n) is 15.6. The van der Waals surface area contributed by atoms with Gasteiger partial charge in [0.1, 0.15) is 6.04 Å². The monoisotopic (exact) mass is 380 g/mol. The van der Waals surface area contributed by atoms with Crippen LogP contribution in [0, 0.1) is 11.8 Å². The zero-order chi connectivity index (χ0) is 19.8. The van der Waals surface area contributed by atoms with E-state index in [2.05, 4.69) is 20.8 Å². The summed E-state index contributed by atoms with van der Waals surface area (Å²) in [5.41, 5.74) is 1.28. The molecule has 0 bridgehead atoms. The number of likely N-dealkylation sites (tertiary alicyclic amines) is 1. The van der Waals surface area contributed by atoms with E-state index in [4.69, 9.17) is 0 Å². The smallest absolute Gasteiger partial charge is 0.247 e. The van der Waals surface area contributed by atoms with E-state index >= 15 is 0 Å². The molecule has 4 rings (SSSR count). The van der Waals surface area contributed by atoms with Crippen LogP contribution in [0.15, 0.2) is 36.4 Å². The molecule has 1 aliphatic heterocycles. The number of hydrogen-bond donors (Lipinski definition) is 1. The lowest BCUT2D eigenvalue weighted by molar-refractivity contribution is -0.146. The summed E-state index contributed by atoms with van der Waals surface area (Å²) in [6.45, 7) is 1.58. The van der Waals surface area contributed by atoms with Gasteiger partial charge in [-0.1, -0.05) is 24.3 Å². The Kier molecular flexibility index (Phi) is 4.50. The van der Waals surface area contributed by atoms with Crippen molar-refractivity contribution in [3.05, 3.63) is 36.4 Å². The number of amides is 3. The van der Waals surface area contributed by atoms with Crippen LogP contribution in [0.2, 0.25) is 0 Å². The first kappa shape index (κ1) is 18.0. The van der Waals surface area contributed by atoms with E-state index in [1.165, 1.54) is 4.68 Å². The number of anilines is 1. The molecule has 3 amide bonds. The van der Waals surface area contributed by atoms with E-state index in [1.807, 2.05) is 18.2 Å². The van der Waals surface area contributed by atoms with Gasteiger partial charge < -0.3 is 5.32 Å². The number of nitrogens with zero attached hydrogens (tertiary/aromatic N) is 5. The Morgan fingerprint density at radius 3 is 2.46 bits per heavy atom. The predicted molar refractivity (Wildman–Crippen MR) is 99.5 cm³/mol. The van der Waals surface area contributed by atoms with Crippen molar-refractivity contribution in [2.75, 3.05) is 5.32 Å². The van der Waals surface area contributed by atoms with E-state index in [1.54, 1.807) is 32.2 Å². The molecule has 1 N–H and O–H groups in total. The van der Waals surface area contributed by atoms with Crippen molar-refractivity contribution in [2.45, 2.75) is 25.8 Å². The van der Waals surface area contributed by atoms with E-state index in [-0.39, 0.29) is 23.7 Å². The van der Waals surface area contributed by atoms with E-state index in [0.717, 1.165) is 10.5 Å². The zero-order valence-corrected chi connectivity index (χ0v) is 15.6. The topological polar surface area (TPSA) is 110 Å². The van der Waals surface area contributed by atoms with Crippen molar-refractivity contribution in [2.24, 2.45) is 18.9 Å². The van der Waals surface area contributed by atoms with Crippen LogP contribution < -0.4 is 5.32 Å². The minimum Gasteiger partial charge on any atom is -0.324 e. The van der Waals surface area contributed by atoms with Crippen LogP contribution in [0.1, 0.15) is 19.8 Å². The third-order valence-electron chi connectivity index (χ3n) is 5.32. The van der Waals surface area contributed by atoms with Crippen LogP contribution in [0.4, 0.5) is 5.69 Å². The molecule has 2 aliphatic rings. The fourth-order valence-corrected chi connectivity index (χ4v) is 3.78. The fourth-order valence-electron chi connectivity index (χ4n) is 3.78. The molecule has 3 unspecified atom stereocenters. The number of rotatable bonds is 4. The summed E-state index contributed by atoms with van der Waals surface area (Å²) in [7, 11) is 1.72. The van der Waals surface area contributed by atoms with Gasteiger partial charge in [-0.05, 0) is 42.3 Å². The lowest BCUT2D eigenvalue weighted by Gasteiger charge is -2.22. The Balaban J connectivity index is 1.50. The van der Waals surface area contributed by atoms with E-state index in [0.29, 0.717) is 24.4 Å². The molecule has 3 atom stereocenters. The van der Waals surface area contributed by atoms with Crippen LogP contribution in [0.25, 0.3) is 11.4 Å². The molecule has 9 nitrogen and oxygen atoms in total. The molecule has 9 heteroatoms. The number of allylic oxidation sites excluding steroid dienone is 2. The maximum Gasteiger partial charge on any atom is 0.247 e. The van der Waals surface area contributed by atoms with Crippen molar-refractivity contribution < 1.29 is 14.4 Å². The first-order valence-electron chi connectivity index (χ1n) is 9.13. The van der Waals surface area contributed by atoms with Crippen LogP contribution in [0.5, 0.6) is 0 Å². The summed E-state index contributed by atoms with van der Waals surface area (Å²) in [6.07, 6.45) is 4.95. The second-order valence-corrected chi connectivity index (χ2v) is 7.07. The fraction of sp³-hybridized carbons (Fsp3) is 0.368. The quantitative estimate of drug-likeness (QED) is 0.629. The molecular formula is C19H20N6O3. The van der Waals surface area contributed by atoms with Crippen molar-refractivity contribution in [1.29, 1.82) is 0 Å². The largest absolute Gasteiger partial charge is 0.324 e. The molecule has 1 aromatic heterocycles. The van der Waals surface area contributed by atoms with Crippen LogP contribution in [0.3, 0.4) is 0 Å². The molecular weight excluding hydrogens is 360 g/mol. The molecule has 1 saturated heterocycles. The third kappa shape index (κ3) is 2.98. The Labute approximate surface area is 161 Å². The Hall–Kier alpha value is -3.36. The molecule has 1 fully saturated rings. The second-order valence-electron chi connectivity index (χ2n) is 7.07. The first-order chi connectivity index (χ1) is 13.5. The van der Waals surface area contributed by atoms with Gasteiger partial charge in [0.05, 0.1) is 11.8 Å². The number of aromatic nitrogens is 4. The van der Waals surface area contributed by atoms with Crippen molar-refractivity contribution in [1.82, 2.24) is 25.1 Å². The summed E-state index contributed by atoms with van der Waals surface area (Å²) < 4.78 is 1.53. The lowest BCUT2D eigenvalue weighted by atomic mass is 9.85. The van der Waals surface area contributed by atoms with Gasteiger partial charge in [0.25, 0.3) is 0 Å². The Morgan fingerprint density at radius 1 is 1.18 bits per heavy atom. The molecule has 144 valence electrons. The summed E-state index contributed by atoms with van der Waals surface area (Å²) in [5, 5.41) is 14.1. The average molecular weight is 380 g/mol. The molecule has 0 radical (unpaired) electrons. The molecule has 0 spiro atoms. The molecule has 1 aromatic carbocycles. The van der Waals surface area contributed by atoms with Gasteiger partial charge in [-0.2, -0.15) is 0 Å². The highest BCUT2D eigenvalue weighted by molar-refractivity contribution is 6.10. The maximum atomic E-state index is 12.7. The van der Waals surface area contributed by atoms with Gasteiger partial charge >= 0.3 is 0 Å². The van der Waals surface area contributed by atoms with Gasteiger partial charge in [-0.15, -0.1) is 5.10 Å². The number of benzene rings is 1. The number of hydrogen-bond acceptors (Lipinski definition) is 6. The molecule has 2 heterocycles. The van der Waals surface area contributed by atoms with Gasteiger partial charge in [0.2, 0.25) is 17.7 Å². The minimum atomic E-state index is -0.884. The van der Waals surface area contributed by atoms with E-state index in [9.17, 15) is 14.4 Å². The molecule has 28 heavy (non-hydrogen) atoms. The van der Waals surface area contributed by atoms with Crippen molar-refractivity contribution >= 4 is 23.4 Å². The number of carbonyl (C=O) groups excluding carboxylic acids is 3. The van der Waals surface area contributed by atoms with Gasteiger partial charge in [-0.25, -0.2) is 4.68 Å². The van der Waals surface area contributed by atoms with Crippen LogP contribution in [-0.4, -0.2) is 48.9 Å². The highest BCUT2D eigenvalue weighted by Crippen LogP contribution is 2.36. The van der Waals surface area contributed by atoms with E-state index < -0.39 is 11.9 Å².